The zero-order valence-corrected chi connectivity index (χ0v) is 17.7. The summed E-state index contributed by atoms with van der Waals surface area (Å²) >= 11 is 1.25. The normalized spacial score (nSPS) is 10.9. The van der Waals surface area contributed by atoms with Crippen LogP contribution >= 0.6 is 11.3 Å². The third-order valence-electron chi connectivity index (χ3n) is 4.97. The lowest BCUT2D eigenvalue weighted by Crippen LogP contribution is -2.16. The first-order chi connectivity index (χ1) is 14.9. The summed E-state index contributed by atoms with van der Waals surface area (Å²) in [5.74, 6) is -0.0175. The molecule has 0 spiro atoms. The molecule has 8 heteroatoms. The number of aryl methyl sites for hydroxylation is 1. The summed E-state index contributed by atoms with van der Waals surface area (Å²) in [4.78, 5) is 29.2. The number of hydrogen-bond donors (Lipinski definition) is 1. The second-order valence-electron chi connectivity index (χ2n) is 6.95. The molecular weight excluding hydrogens is 419 g/mol. The number of anilines is 1. The van der Waals surface area contributed by atoms with Crippen molar-refractivity contribution in [3.05, 3.63) is 75.2 Å². The Kier molecular flexibility index (Phi) is 5.81. The molecule has 1 N–H and O–H groups in total. The summed E-state index contributed by atoms with van der Waals surface area (Å²) in [6.45, 7) is 1.84. The van der Waals surface area contributed by atoms with Crippen molar-refractivity contribution in [2.24, 2.45) is 0 Å². The van der Waals surface area contributed by atoms with Crippen LogP contribution in [0.15, 0.2) is 57.1 Å². The Morgan fingerprint density at radius 3 is 2.87 bits per heavy atom. The zero-order chi connectivity index (χ0) is 22.0. The Morgan fingerprint density at radius 1 is 1.26 bits per heavy atom. The molecule has 0 atom stereocenters. The Morgan fingerprint density at radius 2 is 2.10 bits per heavy atom. The van der Waals surface area contributed by atoms with Gasteiger partial charge in [-0.1, -0.05) is 12.1 Å². The standard InChI is InChI=1S/C23H19FN2O4S/c1-13-17-7-6-16(29-2)11-20(17)30-22(28)18(13)8-9-21(27)26-23-25-19(12-31-23)14-4-3-5-15(24)10-14/h3-7,10-12H,8-9H2,1-2H3,(H,25,26,27). The summed E-state index contributed by atoms with van der Waals surface area (Å²) < 4.78 is 24.0. The van der Waals surface area contributed by atoms with Gasteiger partial charge in [-0.3, -0.25) is 4.79 Å². The van der Waals surface area contributed by atoms with Crippen molar-refractivity contribution in [1.82, 2.24) is 4.98 Å². The van der Waals surface area contributed by atoms with E-state index >= 15 is 0 Å². The predicted octanol–water partition coefficient (Wildman–Crippen LogP) is 4.94. The maximum absolute atomic E-state index is 13.4. The molecule has 0 bridgehead atoms. The van der Waals surface area contributed by atoms with E-state index in [0.717, 1.165) is 10.9 Å². The van der Waals surface area contributed by atoms with E-state index in [4.69, 9.17) is 9.15 Å². The van der Waals surface area contributed by atoms with E-state index in [0.29, 0.717) is 33.3 Å². The number of nitrogens with one attached hydrogen (secondary N) is 1. The SMILES string of the molecule is COc1ccc2c(C)c(CCC(=O)Nc3nc(-c4cccc(F)c4)cs3)c(=O)oc2c1. The molecule has 0 aliphatic carbocycles. The molecule has 158 valence electrons. The lowest BCUT2D eigenvalue weighted by atomic mass is 10.0. The number of thiazole rings is 1. The van der Waals surface area contributed by atoms with Gasteiger partial charge in [0.05, 0.1) is 12.8 Å². The monoisotopic (exact) mass is 438 g/mol. The molecule has 4 aromatic rings. The largest absolute Gasteiger partial charge is 0.497 e. The molecule has 0 aliphatic heterocycles. The highest BCUT2D eigenvalue weighted by Gasteiger charge is 2.15. The van der Waals surface area contributed by atoms with E-state index in [1.165, 1.54) is 23.5 Å². The minimum absolute atomic E-state index is 0.0993. The fraction of sp³-hybridized carbons (Fsp3) is 0.174. The van der Waals surface area contributed by atoms with Gasteiger partial charge in [0.2, 0.25) is 5.91 Å². The van der Waals surface area contributed by atoms with Gasteiger partial charge in [0.1, 0.15) is 17.1 Å². The van der Waals surface area contributed by atoms with E-state index in [-0.39, 0.29) is 24.6 Å². The first-order valence-electron chi connectivity index (χ1n) is 9.56. The van der Waals surface area contributed by atoms with Crippen molar-refractivity contribution in [2.45, 2.75) is 19.8 Å². The fourth-order valence-electron chi connectivity index (χ4n) is 3.32. The number of halogens is 1. The first kappa shape index (κ1) is 20.7. The maximum Gasteiger partial charge on any atom is 0.339 e. The molecule has 0 radical (unpaired) electrons. The van der Waals surface area contributed by atoms with Gasteiger partial charge in [0.15, 0.2) is 5.13 Å². The van der Waals surface area contributed by atoms with Crippen LogP contribution in [0.4, 0.5) is 9.52 Å². The number of rotatable bonds is 6. The molecule has 4 rings (SSSR count). The van der Waals surface area contributed by atoms with Gasteiger partial charge in [-0.15, -0.1) is 11.3 Å². The van der Waals surface area contributed by atoms with E-state index < -0.39 is 5.63 Å². The summed E-state index contributed by atoms with van der Waals surface area (Å²) in [5, 5.41) is 5.70. The van der Waals surface area contributed by atoms with Crippen molar-refractivity contribution in [2.75, 3.05) is 12.4 Å². The van der Waals surface area contributed by atoms with Crippen LogP contribution in [0.1, 0.15) is 17.5 Å². The lowest BCUT2D eigenvalue weighted by Gasteiger charge is -2.08. The molecule has 31 heavy (non-hydrogen) atoms. The highest BCUT2D eigenvalue weighted by molar-refractivity contribution is 7.14. The van der Waals surface area contributed by atoms with Gasteiger partial charge in [0, 0.05) is 34.4 Å². The molecule has 0 aliphatic rings. The second-order valence-corrected chi connectivity index (χ2v) is 7.81. The zero-order valence-electron chi connectivity index (χ0n) is 16.9. The van der Waals surface area contributed by atoms with Crippen LogP contribution in [0.5, 0.6) is 5.75 Å². The average molecular weight is 438 g/mol. The molecular formula is C23H19FN2O4S. The molecule has 0 fully saturated rings. The summed E-state index contributed by atoms with van der Waals surface area (Å²) in [6.07, 6.45) is 0.340. The fourth-order valence-corrected chi connectivity index (χ4v) is 4.06. The minimum Gasteiger partial charge on any atom is -0.497 e. The molecule has 0 saturated heterocycles. The van der Waals surface area contributed by atoms with Gasteiger partial charge in [-0.05, 0) is 43.2 Å². The van der Waals surface area contributed by atoms with Crippen molar-refractivity contribution in [3.8, 4) is 17.0 Å². The Hall–Kier alpha value is -3.52. The Labute approximate surface area is 181 Å². The van der Waals surface area contributed by atoms with Crippen molar-refractivity contribution in [3.63, 3.8) is 0 Å². The molecule has 2 aromatic heterocycles. The van der Waals surface area contributed by atoms with Gasteiger partial charge in [-0.25, -0.2) is 14.2 Å². The van der Waals surface area contributed by atoms with Crippen LogP contribution in [0, 0.1) is 12.7 Å². The van der Waals surface area contributed by atoms with Crippen LogP contribution in [-0.4, -0.2) is 18.0 Å². The van der Waals surface area contributed by atoms with E-state index in [1.54, 1.807) is 36.8 Å². The van der Waals surface area contributed by atoms with Gasteiger partial charge < -0.3 is 14.5 Å². The number of hydrogen-bond acceptors (Lipinski definition) is 6. The number of fused-ring (bicyclic) bond motifs is 1. The maximum atomic E-state index is 13.4. The lowest BCUT2D eigenvalue weighted by molar-refractivity contribution is -0.116. The highest BCUT2D eigenvalue weighted by Crippen LogP contribution is 2.26. The topological polar surface area (TPSA) is 81.4 Å². The van der Waals surface area contributed by atoms with Crippen molar-refractivity contribution in [1.29, 1.82) is 0 Å². The molecule has 0 unspecified atom stereocenters. The number of benzene rings is 2. The van der Waals surface area contributed by atoms with Crippen LogP contribution < -0.4 is 15.7 Å². The Bertz CT molecular complexity index is 1330. The molecule has 2 aromatic carbocycles. The smallest absolute Gasteiger partial charge is 0.339 e. The van der Waals surface area contributed by atoms with Crippen LogP contribution in [0.3, 0.4) is 0 Å². The van der Waals surface area contributed by atoms with Crippen LogP contribution in [-0.2, 0) is 11.2 Å². The number of nitrogens with zero attached hydrogens (tertiary/aromatic N) is 1. The number of carbonyl (C=O) groups excluding carboxylic acids is 1. The van der Waals surface area contributed by atoms with Crippen molar-refractivity contribution >= 4 is 33.3 Å². The van der Waals surface area contributed by atoms with Crippen LogP contribution in [0.2, 0.25) is 0 Å². The van der Waals surface area contributed by atoms with Gasteiger partial charge >= 0.3 is 5.63 Å². The number of methoxy groups -OCH3 is 1. The van der Waals surface area contributed by atoms with E-state index in [1.807, 2.05) is 13.0 Å². The summed E-state index contributed by atoms with van der Waals surface area (Å²) in [5.41, 5.74) is 2.45. The molecule has 2 heterocycles. The van der Waals surface area contributed by atoms with Crippen molar-refractivity contribution < 1.29 is 18.3 Å². The van der Waals surface area contributed by atoms with Gasteiger partial charge in [-0.2, -0.15) is 0 Å². The number of ether oxygens (including phenoxy) is 1. The average Bonchev–Trinajstić information content (AvgIpc) is 3.21. The third-order valence-corrected chi connectivity index (χ3v) is 5.73. The highest BCUT2D eigenvalue weighted by atomic mass is 32.1. The molecule has 1 amide bonds. The Balaban J connectivity index is 1.46. The van der Waals surface area contributed by atoms with Gasteiger partial charge in [0.25, 0.3) is 0 Å². The van der Waals surface area contributed by atoms with E-state index in [2.05, 4.69) is 10.3 Å². The van der Waals surface area contributed by atoms with Crippen LogP contribution in [0.25, 0.3) is 22.2 Å². The number of amides is 1. The first-order valence-corrected chi connectivity index (χ1v) is 10.4. The molecule has 6 nitrogen and oxygen atoms in total. The third kappa shape index (κ3) is 4.49. The second kappa shape index (κ2) is 8.69. The number of carbonyl (C=O) groups is 1. The van der Waals surface area contributed by atoms with E-state index in [9.17, 15) is 14.0 Å². The predicted molar refractivity (Wildman–Crippen MR) is 118 cm³/mol. The summed E-state index contributed by atoms with van der Waals surface area (Å²) in [6, 6.07) is 11.4. The quantitative estimate of drug-likeness (QED) is 0.431. The number of aromatic nitrogens is 1. The minimum atomic E-state index is -0.464. The molecule has 0 saturated carbocycles. The summed E-state index contributed by atoms with van der Waals surface area (Å²) in [7, 11) is 1.54.